The summed E-state index contributed by atoms with van der Waals surface area (Å²) in [6.07, 6.45) is -2.96. The molecule has 0 saturated heterocycles. The van der Waals surface area contributed by atoms with Gasteiger partial charge in [-0.05, 0) is 38.1 Å². The van der Waals surface area contributed by atoms with Gasteiger partial charge in [0.1, 0.15) is 5.76 Å². The highest BCUT2D eigenvalue weighted by atomic mass is 35.5. The minimum Gasteiger partial charge on any atom is -0.441 e. The predicted octanol–water partition coefficient (Wildman–Crippen LogP) is 5.45. The van der Waals surface area contributed by atoms with Crippen molar-refractivity contribution < 1.29 is 30.6 Å². The van der Waals surface area contributed by atoms with Crippen molar-refractivity contribution in [3.05, 3.63) is 53.2 Å². The molecule has 3 aromatic rings. The maximum absolute atomic E-state index is 11.0. The molecule has 0 bridgehead atoms. The number of oxazole rings is 1. The molecule has 0 saturated carbocycles. The maximum Gasteiger partial charge on any atom is 0.405 e. The van der Waals surface area contributed by atoms with Crippen LogP contribution in [0, 0.1) is 13.8 Å². The minimum absolute atomic E-state index is 0. The molecule has 0 spiro atoms. The van der Waals surface area contributed by atoms with Crippen LogP contribution in [0.2, 0.25) is 0 Å². The summed E-state index contributed by atoms with van der Waals surface area (Å²) >= 11 is 0. The van der Waals surface area contributed by atoms with E-state index in [-0.39, 0.29) is 17.8 Å². The summed E-state index contributed by atoms with van der Waals surface area (Å²) in [4.78, 5) is 4.44. The largest absolute Gasteiger partial charge is 0.441 e. The second-order valence-corrected chi connectivity index (χ2v) is 9.91. The molecular weight excluding hydrogens is 497 g/mol. The van der Waals surface area contributed by atoms with Gasteiger partial charge in [0.05, 0.1) is 11.9 Å². The molecule has 0 fully saturated rings. The Morgan fingerprint density at radius 2 is 1.71 bits per heavy atom. The normalized spacial score (nSPS) is 11.9. The van der Waals surface area contributed by atoms with Gasteiger partial charge in [-0.15, -0.1) is 12.4 Å². The standard InChI is InChI=1S/C19H24N4O.C2H3F3O3S.ClH/c1-12-13(2)24-18(22-12)14-6-8-16(9-7-14)20-10-15-11-21-23-17(15)19(3,4)5;3-2(4,5)1-9(6,7)8;/h6-9,11,20H,10H2,1-5H3,(H,21,23);1H2,(H,6,7,8);1H. The Balaban J connectivity index is 0.000000496. The van der Waals surface area contributed by atoms with Crippen LogP contribution in [0.3, 0.4) is 0 Å². The number of aryl methyl sites for hydroxylation is 2. The Morgan fingerprint density at radius 3 is 2.12 bits per heavy atom. The van der Waals surface area contributed by atoms with E-state index in [2.05, 4.69) is 41.3 Å². The van der Waals surface area contributed by atoms with Crippen molar-refractivity contribution >= 4 is 28.2 Å². The molecule has 0 aliphatic rings. The molecule has 0 atom stereocenters. The van der Waals surface area contributed by atoms with E-state index in [1.54, 1.807) is 0 Å². The summed E-state index contributed by atoms with van der Waals surface area (Å²) in [6.45, 7) is 11.2. The van der Waals surface area contributed by atoms with E-state index in [1.807, 2.05) is 44.3 Å². The smallest absolute Gasteiger partial charge is 0.405 e. The first-order chi connectivity index (χ1) is 15.0. The van der Waals surface area contributed by atoms with Crippen LogP contribution in [0.25, 0.3) is 11.5 Å². The van der Waals surface area contributed by atoms with Gasteiger partial charge in [-0.25, -0.2) is 4.98 Å². The Bertz CT molecular complexity index is 1150. The number of aromatic nitrogens is 3. The van der Waals surface area contributed by atoms with Gasteiger partial charge in [0, 0.05) is 34.5 Å². The van der Waals surface area contributed by atoms with Gasteiger partial charge in [-0.1, -0.05) is 20.8 Å². The molecule has 0 aliphatic heterocycles. The SMILES string of the molecule is Cc1nc(-c2ccc(NCc3cn[nH]c3C(C)(C)C)cc2)oc1C.Cl.O=S(=O)(O)CC(F)(F)F. The Labute approximate surface area is 202 Å². The molecule has 8 nitrogen and oxygen atoms in total. The van der Waals surface area contributed by atoms with Crippen molar-refractivity contribution in [3.63, 3.8) is 0 Å². The van der Waals surface area contributed by atoms with Crippen LogP contribution < -0.4 is 5.32 Å². The highest BCUT2D eigenvalue weighted by Crippen LogP contribution is 2.25. The molecular formula is C21H28ClF3N4O4S. The zero-order chi connectivity index (χ0) is 25.0. The lowest BCUT2D eigenvalue weighted by atomic mass is 9.89. The van der Waals surface area contributed by atoms with Gasteiger partial charge in [0.2, 0.25) is 5.89 Å². The van der Waals surface area contributed by atoms with Crippen molar-refractivity contribution in [1.29, 1.82) is 0 Å². The Hall–Kier alpha value is -2.57. The molecule has 0 unspecified atom stereocenters. The van der Waals surface area contributed by atoms with Crippen LogP contribution >= 0.6 is 12.4 Å². The highest BCUT2D eigenvalue weighted by Gasteiger charge is 2.33. The molecule has 1 aromatic carbocycles. The fourth-order valence-electron chi connectivity index (χ4n) is 2.83. The number of halogens is 4. The van der Waals surface area contributed by atoms with Crippen LogP contribution in [-0.2, 0) is 22.1 Å². The highest BCUT2D eigenvalue weighted by molar-refractivity contribution is 7.85. The third kappa shape index (κ3) is 9.35. The summed E-state index contributed by atoms with van der Waals surface area (Å²) < 4.78 is 65.3. The lowest BCUT2D eigenvalue weighted by Crippen LogP contribution is -2.21. The van der Waals surface area contributed by atoms with Crippen molar-refractivity contribution in [1.82, 2.24) is 15.2 Å². The third-order valence-electron chi connectivity index (χ3n) is 4.46. The number of nitrogens with zero attached hydrogens (tertiary/aromatic N) is 2. The number of anilines is 1. The van der Waals surface area contributed by atoms with Gasteiger partial charge in [0.15, 0.2) is 5.75 Å². The van der Waals surface area contributed by atoms with E-state index >= 15 is 0 Å². The number of hydrogen-bond acceptors (Lipinski definition) is 6. The number of aromatic amines is 1. The second kappa shape index (κ2) is 11.2. The molecule has 0 radical (unpaired) electrons. The van der Waals surface area contributed by atoms with Crippen molar-refractivity contribution in [2.24, 2.45) is 0 Å². The quantitative estimate of drug-likeness (QED) is 0.379. The molecule has 3 N–H and O–H groups in total. The van der Waals surface area contributed by atoms with Crippen LogP contribution in [0.5, 0.6) is 0 Å². The average molecular weight is 525 g/mol. The third-order valence-corrected chi connectivity index (χ3v) is 5.15. The van der Waals surface area contributed by atoms with Crippen molar-refractivity contribution in [2.45, 2.75) is 52.8 Å². The number of hydrogen-bond donors (Lipinski definition) is 3. The molecule has 0 aliphatic carbocycles. The van der Waals surface area contributed by atoms with E-state index < -0.39 is 22.0 Å². The van der Waals surface area contributed by atoms with Crippen LogP contribution in [0.15, 0.2) is 34.9 Å². The topological polar surface area (TPSA) is 121 Å². The monoisotopic (exact) mass is 524 g/mol. The maximum atomic E-state index is 11.0. The van der Waals surface area contributed by atoms with E-state index in [9.17, 15) is 21.6 Å². The van der Waals surface area contributed by atoms with E-state index in [4.69, 9.17) is 8.97 Å². The second-order valence-electron chi connectivity index (χ2n) is 8.45. The van der Waals surface area contributed by atoms with E-state index in [1.165, 1.54) is 5.56 Å². The predicted molar refractivity (Wildman–Crippen MR) is 126 cm³/mol. The van der Waals surface area contributed by atoms with Gasteiger partial charge in [-0.3, -0.25) is 9.65 Å². The summed E-state index contributed by atoms with van der Waals surface area (Å²) in [7, 11) is -4.91. The first-order valence-corrected chi connectivity index (χ1v) is 11.5. The zero-order valence-electron chi connectivity index (χ0n) is 19.3. The minimum atomic E-state index is -4.91. The molecule has 2 heterocycles. The fourth-order valence-corrected chi connectivity index (χ4v) is 3.24. The summed E-state index contributed by atoms with van der Waals surface area (Å²) in [5.41, 5.74) is 5.37. The lowest BCUT2D eigenvalue weighted by Gasteiger charge is -2.18. The van der Waals surface area contributed by atoms with E-state index in [0.717, 1.165) is 34.9 Å². The van der Waals surface area contributed by atoms with Crippen LogP contribution in [0.4, 0.5) is 18.9 Å². The first kappa shape index (κ1) is 29.5. The molecule has 3 rings (SSSR count). The Kier molecular flexibility index (Phi) is 9.74. The van der Waals surface area contributed by atoms with E-state index in [0.29, 0.717) is 5.89 Å². The summed E-state index contributed by atoms with van der Waals surface area (Å²) in [5.74, 6) is -0.650. The Morgan fingerprint density at radius 1 is 1.12 bits per heavy atom. The molecule has 0 amide bonds. The van der Waals surface area contributed by atoms with Gasteiger partial charge in [-0.2, -0.15) is 26.7 Å². The summed E-state index contributed by atoms with van der Waals surface area (Å²) in [6, 6.07) is 8.13. The van der Waals surface area contributed by atoms with Gasteiger partial charge >= 0.3 is 6.18 Å². The lowest BCUT2D eigenvalue weighted by molar-refractivity contribution is -0.107. The molecule has 13 heteroatoms. The number of rotatable bonds is 5. The number of nitrogens with one attached hydrogen (secondary N) is 2. The van der Waals surface area contributed by atoms with Crippen molar-refractivity contribution in [3.8, 4) is 11.5 Å². The van der Waals surface area contributed by atoms with Gasteiger partial charge in [0.25, 0.3) is 10.1 Å². The molecule has 2 aromatic heterocycles. The van der Waals surface area contributed by atoms with Crippen molar-refractivity contribution in [2.75, 3.05) is 11.1 Å². The number of alkyl halides is 3. The number of benzene rings is 1. The number of H-pyrrole nitrogens is 1. The van der Waals surface area contributed by atoms with Gasteiger partial charge < -0.3 is 9.73 Å². The van der Waals surface area contributed by atoms with Crippen LogP contribution in [-0.4, -0.2) is 40.1 Å². The first-order valence-electron chi connectivity index (χ1n) is 9.88. The zero-order valence-corrected chi connectivity index (χ0v) is 21.0. The van der Waals surface area contributed by atoms with Crippen LogP contribution in [0.1, 0.15) is 43.5 Å². The average Bonchev–Trinajstić information content (AvgIpc) is 3.25. The summed E-state index contributed by atoms with van der Waals surface area (Å²) in [5, 5.41) is 10.7. The molecule has 190 valence electrons. The fraction of sp³-hybridized carbons (Fsp3) is 0.429. The molecule has 34 heavy (non-hydrogen) atoms.